The molecule has 2 aromatic rings. The molecule has 3 heterocycles. The minimum absolute atomic E-state index is 0.0245. The van der Waals surface area contributed by atoms with Gasteiger partial charge in [-0.15, -0.1) is 0 Å². The van der Waals surface area contributed by atoms with Gasteiger partial charge in [-0.25, -0.2) is 15.0 Å². The lowest BCUT2D eigenvalue weighted by molar-refractivity contribution is -0.119. The van der Waals surface area contributed by atoms with Crippen molar-refractivity contribution in [2.75, 3.05) is 5.01 Å². The van der Waals surface area contributed by atoms with Crippen LogP contribution in [0.25, 0.3) is 11.2 Å². The number of imidazole rings is 1. The first-order valence-corrected chi connectivity index (χ1v) is 6.90. The first-order chi connectivity index (χ1) is 9.84. The molecule has 2 aliphatic rings. The number of carbonyl (C=O) groups is 1. The van der Waals surface area contributed by atoms with Crippen molar-refractivity contribution in [1.82, 2.24) is 19.9 Å². The zero-order valence-electron chi connectivity index (χ0n) is 10.9. The lowest BCUT2D eigenvalue weighted by atomic mass is 9.98. The maximum Gasteiger partial charge on any atom is 0.257 e. The minimum atomic E-state index is -0.0644. The molecule has 0 saturated heterocycles. The van der Waals surface area contributed by atoms with Crippen LogP contribution in [0.1, 0.15) is 32.1 Å². The van der Waals surface area contributed by atoms with Gasteiger partial charge in [-0.05, 0) is 19.3 Å². The highest BCUT2D eigenvalue weighted by Crippen LogP contribution is 2.32. The first kappa shape index (κ1) is 11.5. The van der Waals surface area contributed by atoms with Crippen molar-refractivity contribution in [3.63, 3.8) is 0 Å². The number of amides is 1. The highest BCUT2D eigenvalue weighted by Gasteiger charge is 2.38. The number of anilines is 1. The van der Waals surface area contributed by atoms with Gasteiger partial charge in [0.05, 0.1) is 18.0 Å². The summed E-state index contributed by atoms with van der Waals surface area (Å²) in [6.07, 6.45) is 8.15. The van der Waals surface area contributed by atoms with Crippen LogP contribution in [0.15, 0.2) is 17.8 Å². The molecule has 1 N–H and O–H groups in total. The second kappa shape index (κ2) is 4.36. The summed E-state index contributed by atoms with van der Waals surface area (Å²) < 4.78 is 0. The lowest BCUT2D eigenvalue weighted by Gasteiger charge is -2.13. The van der Waals surface area contributed by atoms with Gasteiger partial charge >= 0.3 is 0 Å². The summed E-state index contributed by atoms with van der Waals surface area (Å²) >= 11 is 0. The van der Waals surface area contributed by atoms with Crippen LogP contribution >= 0.6 is 0 Å². The molecule has 1 amide bonds. The van der Waals surface area contributed by atoms with Crippen molar-refractivity contribution < 1.29 is 4.79 Å². The summed E-state index contributed by atoms with van der Waals surface area (Å²) in [4.78, 5) is 27.9. The number of nitrogens with zero attached hydrogens (tertiary/aromatic N) is 5. The van der Waals surface area contributed by atoms with Gasteiger partial charge in [0, 0.05) is 0 Å². The molecule has 0 bridgehead atoms. The van der Waals surface area contributed by atoms with Crippen molar-refractivity contribution in [3.05, 3.63) is 12.7 Å². The quantitative estimate of drug-likeness (QED) is 0.853. The van der Waals surface area contributed by atoms with E-state index >= 15 is 0 Å². The van der Waals surface area contributed by atoms with Crippen molar-refractivity contribution in [2.24, 2.45) is 11.0 Å². The van der Waals surface area contributed by atoms with E-state index in [4.69, 9.17) is 0 Å². The van der Waals surface area contributed by atoms with Crippen LogP contribution < -0.4 is 5.01 Å². The van der Waals surface area contributed by atoms with Gasteiger partial charge in [0.2, 0.25) is 0 Å². The Bertz CT molecular complexity index is 706. The van der Waals surface area contributed by atoms with Gasteiger partial charge in [-0.2, -0.15) is 10.1 Å². The first-order valence-electron chi connectivity index (χ1n) is 6.90. The summed E-state index contributed by atoms with van der Waals surface area (Å²) in [5.74, 6) is 0.458. The third-order valence-corrected chi connectivity index (χ3v) is 3.97. The van der Waals surface area contributed by atoms with Crippen LogP contribution in [-0.2, 0) is 4.79 Å². The molecular formula is C13H14N6O. The predicted octanol–water partition coefficient (Wildman–Crippen LogP) is 1.64. The van der Waals surface area contributed by atoms with Crippen LogP contribution in [-0.4, -0.2) is 31.6 Å². The Morgan fingerprint density at radius 1 is 1.20 bits per heavy atom. The number of nitrogens with one attached hydrogen (secondary N) is 1. The molecule has 0 radical (unpaired) electrons. The van der Waals surface area contributed by atoms with Gasteiger partial charge in [0.25, 0.3) is 5.91 Å². The maximum absolute atomic E-state index is 12.6. The monoisotopic (exact) mass is 270 g/mol. The van der Waals surface area contributed by atoms with E-state index < -0.39 is 0 Å². The Morgan fingerprint density at radius 2 is 2.15 bits per heavy atom. The van der Waals surface area contributed by atoms with E-state index in [0.717, 1.165) is 31.4 Å². The summed E-state index contributed by atoms with van der Waals surface area (Å²) in [5, 5.41) is 5.94. The largest absolute Gasteiger partial charge is 0.340 e. The van der Waals surface area contributed by atoms with Gasteiger partial charge in [-0.3, -0.25) is 4.79 Å². The number of H-pyrrole nitrogens is 1. The van der Waals surface area contributed by atoms with Gasteiger partial charge in [-0.1, -0.05) is 12.8 Å². The third kappa shape index (κ3) is 1.62. The van der Waals surface area contributed by atoms with E-state index in [-0.39, 0.29) is 11.8 Å². The van der Waals surface area contributed by atoms with E-state index in [1.165, 1.54) is 17.8 Å². The van der Waals surface area contributed by atoms with Crippen LogP contribution in [0.5, 0.6) is 0 Å². The van der Waals surface area contributed by atoms with Gasteiger partial charge in [0.15, 0.2) is 11.5 Å². The molecule has 1 aliphatic carbocycles. The zero-order chi connectivity index (χ0) is 13.5. The fourth-order valence-electron chi connectivity index (χ4n) is 2.95. The normalized spacial score (nSPS) is 22.8. The summed E-state index contributed by atoms with van der Waals surface area (Å²) in [7, 11) is 0. The summed E-state index contributed by atoms with van der Waals surface area (Å²) in [5.41, 5.74) is 2.20. The molecule has 1 unspecified atom stereocenters. The Kier molecular flexibility index (Phi) is 2.51. The van der Waals surface area contributed by atoms with E-state index in [1.807, 2.05) is 0 Å². The molecule has 1 saturated carbocycles. The smallest absolute Gasteiger partial charge is 0.257 e. The minimum Gasteiger partial charge on any atom is -0.340 e. The Labute approximate surface area is 115 Å². The highest BCUT2D eigenvalue weighted by molar-refractivity contribution is 6.16. The van der Waals surface area contributed by atoms with E-state index in [9.17, 15) is 4.79 Å². The summed E-state index contributed by atoms with van der Waals surface area (Å²) in [6, 6.07) is 0. The van der Waals surface area contributed by atoms with Crippen LogP contribution in [0, 0.1) is 5.92 Å². The Morgan fingerprint density at radius 3 is 3.10 bits per heavy atom. The van der Waals surface area contributed by atoms with Crippen LogP contribution in [0.3, 0.4) is 0 Å². The highest BCUT2D eigenvalue weighted by atomic mass is 16.2. The number of aromatic amines is 1. The number of rotatable bonds is 1. The van der Waals surface area contributed by atoms with E-state index in [0.29, 0.717) is 17.0 Å². The standard InChI is InChI=1S/C13H14N6O/c20-13-8-4-2-1-3-5-9(8)18-19(13)12-10-11(15-6-14-10)16-7-17-12/h6-8H,1-5H2,(H,14,15,16,17). The van der Waals surface area contributed by atoms with Crippen LogP contribution in [0.2, 0.25) is 0 Å². The average Bonchev–Trinajstić information content (AvgIpc) is 2.97. The molecular weight excluding hydrogens is 256 g/mol. The SMILES string of the molecule is O=C1C2CCCCCC2=NN1c1ncnc2nc[nH]c12. The molecule has 0 spiro atoms. The second-order valence-corrected chi connectivity index (χ2v) is 5.19. The topological polar surface area (TPSA) is 87.1 Å². The molecule has 1 fully saturated rings. The fourth-order valence-corrected chi connectivity index (χ4v) is 2.95. The molecule has 2 aromatic heterocycles. The van der Waals surface area contributed by atoms with E-state index in [1.54, 1.807) is 6.33 Å². The number of aromatic nitrogens is 4. The Balaban J connectivity index is 1.79. The molecule has 20 heavy (non-hydrogen) atoms. The molecule has 102 valence electrons. The van der Waals surface area contributed by atoms with Gasteiger partial charge < -0.3 is 4.98 Å². The Hall–Kier alpha value is -2.31. The number of hydrogen-bond acceptors (Lipinski definition) is 5. The second-order valence-electron chi connectivity index (χ2n) is 5.19. The molecule has 4 rings (SSSR count). The number of hydrazone groups is 1. The van der Waals surface area contributed by atoms with Crippen molar-refractivity contribution in [1.29, 1.82) is 0 Å². The average molecular weight is 270 g/mol. The van der Waals surface area contributed by atoms with Crippen molar-refractivity contribution in [3.8, 4) is 0 Å². The molecule has 1 atom stereocenters. The van der Waals surface area contributed by atoms with Crippen LogP contribution in [0.4, 0.5) is 5.82 Å². The summed E-state index contributed by atoms with van der Waals surface area (Å²) in [6.45, 7) is 0. The van der Waals surface area contributed by atoms with Gasteiger partial charge in [0.1, 0.15) is 11.8 Å². The van der Waals surface area contributed by atoms with Crippen molar-refractivity contribution >= 4 is 28.6 Å². The molecule has 7 heteroatoms. The predicted molar refractivity (Wildman–Crippen MR) is 73.2 cm³/mol. The molecule has 7 nitrogen and oxygen atoms in total. The fraction of sp³-hybridized carbons (Fsp3) is 0.462. The lowest BCUT2D eigenvalue weighted by Crippen LogP contribution is -2.27. The number of carbonyl (C=O) groups excluding carboxylic acids is 1. The van der Waals surface area contributed by atoms with E-state index in [2.05, 4.69) is 25.0 Å². The third-order valence-electron chi connectivity index (χ3n) is 3.97. The molecule has 0 aromatic carbocycles. The molecule has 1 aliphatic heterocycles. The zero-order valence-corrected chi connectivity index (χ0v) is 10.9. The number of fused-ring (bicyclic) bond motifs is 2. The van der Waals surface area contributed by atoms with Crippen molar-refractivity contribution in [2.45, 2.75) is 32.1 Å². The maximum atomic E-state index is 12.6. The number of hydrogen-bond donors (Lipinski definition) is 1.